The summed E-state index contributed by atoms with van der Waals surface area (Å²) in [5.74, 6) is 1.99. The van der Waals surface area contributed by atoms with Crippen LogP contribution < -0.4 is 19.3 Å². The van der Waals surface area contributed by atoms with E-state index >= 15 is 0 Å². The van der Waals surface area contributed by atoms with Gasteiger partial charge < -0.3 is 24.4 Å². The predicted molar refractivity (Wildman–Crippen MR) is 97.7 cm³/mol. The van der Waals surface area contributed by atoms with Gasteiger partial charge in [-0.2, -0.15) is 0 Å². The summed E-state index contributed by atoms with van der Waals surface area (Å²) >= 11 is 0. The highest BCUT2D eigenvalue weighted by Crippen LogP contribution is 2.36. The second-order valence-electron chi connectivity index (χ2n) is 7.90. The van der Waals surface area contributed by atoms with Gasteiger partial charge in [-0.25, -0.2) is 0 Å². The van der Waals surface area contributed by atoms with Crippen LogP contribution in [0.3, 0.4) is 0 Å². The second kappa shape index (κ2) is 8.28. The zero-order valence-corrected chi connectivity index (χ0v) is 15.9. The van der Waals surface area contributed by atoms with Crippen molar-refractivity contribution in [2.24, 2.45) is 5.92 Å². The van der Waals surface area contributed by atoms with E-state index in [0.717, 1.165) is 24.1 Å². The van der Waals surface area contributed by atoms with Gasteiger partial charge in [-0.1, -0.05) is 13.3 Å². The van der Waals surface area contributed by atoms with Crippen molar-refractivity contribution in [3.05, 3.63) is 17.7 Å². The van der Waals surface area contributed by atoms with Gasteiger partial charge in [-0.15, -0.1) is 0 Å². The Morgan fingerprint density at radius 2 is 1.68 bits per heavy atom. The van der Waals surface area contributed by atoms with Crippen LogP contribution in [0.4, 0.5) is 0 Å². The fraction of sp³-hybridized carbons (Fsp3) is 0.700. The molecule has 0 amide bonds. The lowest BCUT2D eigenvalue weighted by Gasteiger charge is -2.37. The Kier molecular flexibility index (Phi) is 6.07. The van der Waals surface area contributed by atoms with E-state index in [2.05, 4.69) is 6.92 Å². The standard InChI is InChI=1S/C20H32N2O3/c1-15-5-4-6-17(11-15)22-9-7-21(8-10-22)14-16-12-18(24-2)20(23)19(13-16)25-3/h12-13,15,17,23H,4-11,14H2,1-3H3/p+2/t15-,17+/m1/s1. The van der Waals surface area contributed by atoms with Crippen molar-refractivity contribution in [2.75, 3.05) is 40.4 Å². The molecule has 0 aromatic heterocycles. The van der Waals surface area contributed by atoms with Crippen LogP contribution in [0, 0.1) is 5.92 Å². The summed E-state index contributed by atoms with van der Waals surface area (Å²) in [6, 6.07) is 4.76. The smallest absolute Gasteiger partial charge is 0.200 e. The first-order chi connectivity index (χ1) is 12.1. The molecule has 2 fully saturated rings. The first-order valence-corrected chi connectivity index (χ1v) is 9.72. The molecule has 0 radical (unpaired) electrons. The molecule has 5 heteroatoms. The third kappa shape index (κ3) is 4.39. The molecule has 1 heterocycles. The molecule has 1 saturated carbocycles. The molecule has 25 heavy (non-hydrogen) atoms. The molecule has 2 aliphatic rings. The van der Waals surface area contributed by atoms with Gasteiger partial charge in [-0.05, 0) is 30.9 Å². The van der Waals surface area contributed by atoms with Crippen molar-refractivity contribution in [3.63, 3.8) is 0 Å². The number of rotatable bonds is 5. The Hall–Kier alpha value is -1.46. The molecule has 0 bridgehead atoms. The van der Waals surface area contributed by atoms with Crippen molar-refractivity contribution in [1.29, 1.82) is 0 Å². The molecular formula is C20H34N2O3+2. The number of piperazine rings is 1. The average molecular weight is 351 g/mol. The van der Waals surface area contributed by atoms with Crippen LogP contribution in [0.2, 0.25) is 0 Å². The summed E-state index contributed by atoms with van der Waals surface area (Å²) in [6.07, 6.45) is 5.67. The number of phenolic OH excluding ortho intramolecular Hbond substituents is 1. The number of phenols is 1. The van der Waals surface area contributed by atoms with Crippen molar-refractivity contribution in [3.8, 4) is 17.2 Å². The maximum absolute atomic E-state index is 10.1. The van der Waals surface area contributed by atoms with Crippen LogP contribution in [0.25, 0.3) is 0 Å². The minimum absolute atomic E-state index is 0.0874. The molecule has 1 aliphatic carbocycles. The fourth-order valence-electron chi connectivity index (χ4n) is 4.65. The quantitative estimate of drug-likeness (QED) is 0.715. The highest BCUT2D eigenvalue weighted by molar-refractivity contribution is 5.52. The third-order valence-corrected chi connectivity index (χ3v) is 6.11. The van der Waals surface area contributed by atoms with E-state index in [1.807, 2.05) is 17.0 Å². The molecule has 1 aliphatic heterocycles. The van der Waals surface area contributed by atoms with Crippen LogP contribution in [0.15, 0.2) is 12.1 Å². The molecule has 0 unspecified atom stereocenters. The number of benzene rings is 1. The summed E-state index contributed by atoms with van der Waals surface area (Å²) in [4.78, 5) is 3.44. The zero-order chi connectivity index (χ0) is 17.8. The largest absolute Gasteiger partial charge is 0.502 e. The minimum Gasteiger partial charge on any atom is -0.502 e. The number of aromatic hydroxyl groups is 1. The lowest BCUT2D eigenvalue weighted by Crippen LogP contribution is -3.29. The molecule has 1 aromatic carbocycles. The predicted octanol–water partition coefficient (Wildman–Crippen LogP) is 0.272. The van der Waals surface area contributed by atoms with Gasteiger partial charge in [0.1, 0.15) is 32.7 Å². The number of hydrogen-bond donors (Lipinski definition) is 3. The van der Waals surface area contributed by atoms with Crippen molar-refractivity contribution < 1.29 is 24.4 Å². The molecule has 1 saturated heterocycles. The van der Waals surface area contributed by atoms with Crippen molar-refractivity contribution >= 4 is 0 Å². The van der Waals surface area contributed by atoms with Gasteiger partial charge in [0.05, 0.1) is 20.3 Å². The molecule has 3 rings (SSSR count). The minimum atomic E-state index is 0.0874. The Labute approximate surface area is 151 Å². The van der Waals surface area contributed by atoms with E-state index in [4.69, 9.17) is 9.47 Å². The summed E-state index contributed by atoms with van der Waals surface area (Å²) in [6.45, 7) is 8.36. The number of hydrogen-bond acceptors (Lipinski definition) is 3. The summed E-state index contributed by atoms with van der Waals surface area (Å²) in [5.41, 5.74) is 1.16. The highest BCUT2D eigenvalue weighted by atomic mass is 16.5. The Bertz CT molecular complexity index is 545. The molecule has 1 aromatic rings. The van der Waals surface area contributed by atoms with Crippen LogP contribution in [0.1, 0.15) is 38.2 Å². The maximum atomic E-state index is 10.1. The summed E-state index contributed by atoms with van der Waals surface area (Å²) in [5, 5.41) is 10.1. The molecule has 2 atom stereocenters. The molecule has 140 valence electrons. The summed E-state index contributed by atoms with van der Waals surface area (Å²) < 4.78 is 10.6. The summed E-state index contributed by atoms with van der Waals surface area (Å²) in [7, 11) is 3.16. The molecule has 3 N–H and O–H groups in total. The number of nitrogens with one attached hydrogen (secondary N) is 2. The van der Waals surface area contributed by atoms with E-state index in [1.165, 1.54) is 51.9 Å². The number of quaternary nitrogens is 2. The SMILES string of the molecule is COc1cc(C[NH+]2CC[NH+]([C@H]3CCC[C@@H](C)C3)CC2)cc(OC)c1O. The monoisotopic (exact) mass is 350 g/mol. The van der Waals surface area contributed by atoms with Gasteiger partial charge >= 0.3 is 0 Å². The van der Waals surface area contributed by atoms with Crippen molar-refractivity contribution in [1.82, 2.24) is 0 Å². The lowest BCUT2D eigenvalue weighted by molar-refractivity contribution is -1.03. The Balaban J connectivity index is 1.57. The lowest BCUT2D eigenvalue weighted by atomic mass is 9.86. The van der Waals surface area contributed by atoms with E-state index < -0.39 is 0 Å². The Morgan fingerprint density at radius 1 is 1.04 bits per heavy atom. The second-order valence-corrected chi connectivity index (χ2v) is 7.90. The van der Waals surface area contributed by atoms with E-state index in [1.54, 1.807) is 19.1 Å². The zero-order valence-electron chi connectivity index (χ0n) is 15.9. The van der Waals surface area contributed by atoms with Crippen LogP contribution in [-0.2, 0) is 6.54 Å². The number of methoxy groups -OCH3 is 2. The van der Waals surface area contributed by atoms with Crippen LogP contribution in [-0.4, -0.2) is 51.5 Å². The van der Waals surface area contributed by atoms with E-state index in [-0.39, 0.29) is 5.75 Å². The maximum Gasteiger partial charge on any atom is 0.200 e. The van der Waals surface area contributed by atoms with Gasteiger partial charge in [0.25, 0.3) is 0 Å². The number of ether oxygens (including phenoxy) is 2. The third-order valence-electron chi connectivity index (χ3n) is 6.11. The highest BCUT2D eigenvalue weighted by Gasteiger charge is 2.32. The Morgan fingerprint density at radius 3 is 2.24 bits per heavy atom. The fourth-order valence-corrected chi connectivity index (χ4v) is 4.65. The molecule has 0 spiro atoms. The van der Waals surface area contributed by atoms with Gasteiger partial charge in [0, 0.05) is 12.0 Å². The van der Waals surface area contributed by atoms with Crippen LogP contribution in [0.5, 0.6) is 17.2 Å². The van der Waals surface area contributed by atoms with Gasteiger partial charge in [-0.3, -0.25) is 0 Å². The van der Waals surface area contributed by atoms with Gasteiger partial charge in [0.2, 0.25) is 5.75 Å². The van der Waals surface area contributed by atoms with Gasteiger partial charge in [0.15, 0.2) is 11.5 Å². The molecular weight excluding hydrogens is 316 g/mol. The topological polar surface area (TPSA) is 47.6 Å². The molecule has 5 nitrogen and oxygen atoms in total. The first-order valence-electron chi connectivity index (χ1n) is 9.72. The van der Waals surface area contributed by atoms with Crippen molar-refractivity contribution in [2.45, 2.75) is 45.2 Å². The average Bonchev–Trinajstić information content (AvgIpc) is 2.63. The first kappa shape index (κ1) is 18.3. The van der Waals surface area contributed by atoms with E-state index in [0.29, 0.717) is 11.5 Å². The van der Waals surface area contributed by atoms with E-state index in [9.17, 15) is 5.11 Å². The normalized spacial score (nSPS) is 30.0. The van der Waals surface area contributed by atoms with Crippen LogP contribution >= 0.6 is 0 Å².